The van der Waals surface area contributed by atoms with E-state index in [-0.39, 0.29) is 37.5 Å². The fourth-order valence-electron chi connectivity index (χ4n) is 2.47. The minimum absolute atomic E-state index is 0.106. The molecule has 0 aromatic carbocycles. The molecule has 0 bridgehead atoms. The van der Waals surface area contributed by atoms with E-state index in [1.54, 1.807) is 11.9 Å². The minimum Gasteiger partial charge on any atom is -0.481 e. The average molecular weight is 256 g/mol. The first kappa shape index (κ1) is 13.0. The summed E-state index contributed by atoms with van der Waals surface area (Å²) in [6.07, 6.45) is 0.106. The molecule has 0 saturated carbocycles. The summed E-state index contributed by atoms with van der Waals surface area (Å²) < 4.78 is 5.17. The van der Waals surface area contributed by atoms with E-state index >= 15 is 0 Å². The fourth-order valence-corrected chi connectivity index (χ4v) is 2.47. The van der Waals surface area contributed by atoms with Gasteiger partial charge >= 0.3 is 5.97 Å². The molecule has 18 heavy (non-hydrogen) atoms. The Morgan fingerprint density at radius 1 is 1.44 bits per heavy atom. The molecular weight excluding hydrogens is 240 g/mol. The number of likely N-dealkylation sites (N-methyl/N-ethyl adjacent to an activating group) is 2. The number of carbonyl (C=O) groups excluding carboxylic acids is 2. The smallest absolute Gasteiger partial charge is 0.310 e. The van der Waals surface area contributed by atoms with Gasteiger partial charge in [0.1, 0.15) is 0 Å². The Balaban J connectivity index is 2.12. The molecule has 0 aliphatic carbocycles. The van der Waals surface area contributed by atoms with Crippen molar-refractivity contribution in [2.24, 2.45) is 5.92 Å². The van der Waals surface area contributed by atoms with Crippen LogP contribution in [0.3, 0.4) is 0 Å². The quantitative estimate of drug-likeness (QED) is 0.637. The summed E-state index contributed by atoms with van der Waals surface area (Å²) in [6, 6.07) is -0.938. The highest BCUT2D eigenvalue weighted by Crippen LogP contribution is 2.25. The number of hydrogen-bond donors (Lipinski definition) is 1. The van der Waals surface area contributed by atoms with Crippen LogP contribution in [0.15, 0.2) is 0 Å². The molecule has 2 rings (SSSR count). The van der Waals surface area contributed by atoms with Crippen molar-refractivity contribution >= 4 is 17.8 Å². The fraction of sp³-hybridized carbons (Fsp3) is 0.727. The molecule has 2 fully saturated rings. The van der Waals surface area contributed by atoms with Crippen molar-refractivity contribution in [3.05, 3.63) is 0 Å². The van der Waals surface area contributed by atoms with Gasteiger partial charge in [0.15, 0.2) is 0 Å². The van der Waals surface area contributed by atoms with E-state index in [0.29, 0.717) is 0 Å². The van der Waals surface area contributed by atoms with Gasteiger partial charge < -0.3 is 9.84 Å². The van der Waals surface area contributed by atoms with Gasteiger partial charge in [-0.2, -0.15) is 0 Å². The van der Waals surface area contributed by atoms with Crippen LogP contribution in [0.2, 0.25) is 0 Å². The van der Waals surface area contributed by atoms with E-state index in [1.165, 1.54) is 7.05 Å². The third-order valence-electron chi connectivity index (χ3n) is 3.74. The summed E-state index contributed by atoms with van der Waals surface area (Å²) in [5.74, 6) is -2.10. The molecule has 2 heterocycles. The number of ether oxygens (including phenoxy) is 1. The SMILES string of the molecule is CN1C(=O)CC(N(C)C2COCC2C(=O)O)C1=O. The molecule has 7 nitrogen and oxygen atoms in total. The summed E-state index contributed by atoms with van der Waals surface area (Å²) in [7, 11) is 3.11. The van der Waals surface area contributed by atoms with Gasteiger partial charge in [0, 0.05) is 13.1 Å². The second-order valence-electron chi connectivity index (χ2n) is 4.73. The van der Waals surface area contributed by atoms with Crippen LogP contribution in [0.5, 0.6) is 0 Å². The monoisotopic (exact) mass is 256 g/mol. The van der Waals surface area contributed by atoms with Gasteiger partial charge in [-0.1, -0.05) is 0 Å². The molecule has 0 aromatic rings. The Hall–Kier alpha value is -1.47. The van der Waals surface area contributed by atoms with Gasteiger partial charge in [0.25, 0.3) is 0 Å². The van der Waals surface area contributed by atoms with Crippen LogP contribution < -0.4 is 0 Å². The van der Waals surface area contributed by atoms with Crippen LogP contribution in [0.1, 0.15) is 6.42 Å². The number of aliphatic carboxylic acids is 1. The van der Waals surface area contributed by atoms with E-state index in [2.05, 4.69) is 0 Å². The highest BCUT2D eigenvalue weighted by Gasteiger charge is 2.45. The predicted molar refractivity (Wildman–Crippen MR) is 59.7 cm³/mol. The van der Waals surface area contributed by atoms with Crippen molar-refractivity contribution in [3.63, 3.8) is 0 Å². The highest BCUT2D eigenvalue weighted by atomic mass is 16.5. The maximum atomic E-state index is 11.9. The lowest BCUT2D eigenvalue weighted by Gasteiger charge is -2.29. The zero-order valence-electron chi connectivity index (χ0n) is 10.3. The molecular formula is C11H16N2O5. The molecule has 1 N–H and O–H groups in total. The Bertz CT molecular complexity index is 397. The van der Waals surface area contributed by atoms with Crippen LogP contribution >= 0.6 is 0 Å². The molecule has 0 radical (unpaired) electrons. The molecule has 2 amide bonds. The second-order valence-corrected chi connectivity index (χ2v) is 4.73. The standard InChI is InChI=1S/C11H16N2O5/c1-12(7-3-9(14)13(2)10(7)15)8-5-18-4-6(8)11(16)17/h6-8H,3-5H2,1-2H3,(H,16,17). The lowest BCUT2D eigenvalue weighted by atomic mass is 10.0. The van der Waals surface area contributed by atoms with Crippen molar-refractivity contribution in [2.45, 2.75) is 18.5 Å². The van der Waals surface area contributed by atoms with Crippen molar-refractivity contribution in [2.75, 3.05) is 27.3 Å². The molecule has 0 aromatic heterocycles. The van der Waals surface area contributed by atoms with E-state index in [0.717, 1.165) is 4.90 Å². The first-order chi connectivity index (χ1) is 8.43. The number of carboxylic acids is 1. The summed E-state index contributed by atoms with van der Waals surface area (Å²) >= 11 is 0. The maximum absolute atomic E-state index is 11.9. The summed E-state index contributed by atoms with van der Waals surface area (Å²) in [4.78, 5) is 37.2. The molecule has 3 atom stereocenters. The van der Waals surface area contributed by atoms with E-state index < -0.39 is 17.9 Å². The van der Waals surface area contributed by atoms with Crippen molar-refractivity contribution in [1.82, 2.24) is 9.80 Å². The van der Waals surface area contributed by atoms with Crippen molar-refractivity contribution in [1.29, 1.82) is 0 Å². The Morgan fingerprint density at radius 2 is 2.11 bits per heavy atom. The van der Waals surface area contributed by atoms with Gasteiger partial charge in [-0.15, -0.1) is 0 Å². The van der Waals surface area contributed by atoms with Gasteiger partial charge in [0.2, 0.25) is 11.8 Å². The minimum atomic E-state index is -0.936. The van der Waals surface area contributed by atoms with Crippen LogP contribution in [0.4, 0.5) is 0 Å². The molecule has 100 valence electrons. The molecule has 2 aliphatic heterocycles. The average Bonchev–Trinajstić information content (AvgIpc) is 2.89. The van der Waals surface area contributed by atoms with Crippen LogP contribution in [0, 0.1) is 5.92 Å². The molecule has 0 spiro atoms. The molecule has 2 saturated heterocycles. The number of rotatable bonds is 3. The molecule has 3 unspecified atom stereocenters. The zero-order valence-corrected chi connectivity index (χ0v) is 10.3. The topological polar surface area (TPSA) is 87.2 Å². The number of carbonyl (C=O) groups is 3. The number of nitrogens with zero attached hydrogens (tertiary/aromatic N) is 2. The Labute approximate surface area is 104 Å². The van der Waals surface area contributed by atoms with Crippen LogP contribution in [0.25, 0.3) is 0 Å². The first-order valence-corrected chi connectivity index (χ1v) is 5.76. The van der Waals surface area contributed by atoms with E-state index in [1.807, 2.05) is 0 Å². The number of imide groups is 1. The number of carboxylic acid groups (broad SMARTS) is 1. The molecule has 7 heteroatoms. The summed E-state index contributed by atoms with van der Waals surface area (Å²) in [5, 5.41) is 9.08. The van der Waals surface area contributed by atoms with Gasteiger partial charge in [-0.3, -0.25) is 24.2 Å². The number of amides is 2. The largest absolute Gasteiger partial charge is 0.481 e. The van der Waals surface area contributed by atoms with E-state index in [9.17, 15) is 14.4 Å². The van der Waals surface area contributed by atoms with Crippen molar-refractivity contribution < 1.29 is 24.2 Å². The Morgan fingerprint density at radius 3 is 2.61 bits per heavy atom. The predicted octanol–water partition coefficient (Wildman–Crippen LogP) is -1.22. The van der Waals surface area contributed by atoms with Gasteiger partial charge in [-0.25, -0.2) is 0 Å². The number of hydrogen-bond acceptors (Lipinski definition) is 5. The summed E-state index contributed by atoms with van der Waals surface area (Å²) in [5.41, 5.74) is 0. The number of likely N-dealkylation sites (tertiary alicyclic amines) is 1. The van der Waals surface area contributed by atoms with Gasteiger partial charge in [0.05, 0.1) is 31.6 Å². The van der Waals surface area contributed by atoms with Crippen LogP contribution in [-0.4, -0.2) is 72.1 Å². The summed E-state index contributed by atoms with van der Waals surface area (Å²) in [6.45, 7) is 0.421. The lowest BCUT2D eigenvalue weighted by molar-refractivity contribution is -0.145. The first-order valence-electron chi connectivity index (χ1n) is 5.76. The lowest BCUT2D eigenvalue weighted by Crippen LogP contribution is -2.49. The third kappa shape index (κ3) is 1.99. The zero-order chi connectivity index (χ0) is 13.4. The van der Waals surface area contributed by atoms with E-state index in [4.69, 9.17) is 9.84 Å². The second kappa shape index (κ2) is 4.66. The highest BCUT2D eigenvalue weighted by molar-refractivity contribution is 6.05. The van der Waals surface area contributed by atoms with Crippen molar-refractivity contribution in [3.8, 4) is 0 Å². The van der Waals surface area contributed by atoms with Gasteiger partial charge in [-0.05, 0) is 7.05 Å². The normalized spacial score (nSPS) is 32.6. The molecule has 2 aliphatic rings. The maximum Gasteiger partial charge on any atom is 0.310 e. The van der Waals surface area contributed by atoms with Crippen LogP contribution in [-0.2, 0) is 19.1 Å². The third-order valence-corrected chi connectivity index (χ3v) is 3.74. The Kier molecular flexibility index (Phi) is 3.36.